The SMILES string of the molecule is CCOc1ccc(-n2nc(C(=O)N/N=C/c3ccco3)c(C)c(C#N)c2=O)cc1. The summed E-state index contributed by atoms with van der Waals surface area (Å²) in [6, 6.07) is 11.8. The van der Waals surface area contributed by atoms with Crippen LogP contribution in [0.2, 0.25) is 0 Å². The van der Waals surface area contributed by atoms with Gasteiger partial charge >= 0.3 is 0 Å². The molecule has 0 radical (unpaired) electrons. The van der Waals surface area contributed by atoms with Gasteiger partial charge in [-0.1, -0.05) is 0 Å². The molecule has 3 rings (SSSR count). The van der Waals surface area contributed by atoms with Crippen molar-refractivity contribution in [2.45, 2.75) is 13.8 Å². The first-order valence-corrected chi connectivity index (χ1v) is 8.69. The molecule has 0 spiro atoms. The summed E-state index contributed by atoms with van der Waals surface area (Å²) in [5, 5.41) is 17.4. The fourth-order valence-electron chi connectivity index (χ4n) is 2.55. The number of amides is 1. The van der Waals surface area contributed by atoms with Crippen LogP contribution < -0.4 is 15.7 Å². The van der Waals surface area contributed by atoms with E-state index in [0.717, 1.165) is 4.68 Å². The Hall–Kier alpha value is -4.19. The molecular weight excluding hydrogens is 374 g/mol. The summed E-state index contributed by atoms with van der Waals surface area (Å²) in [6.45, 7) is 3.85. The molecule has 0 saturated carbocycles. The number of nitriles is 1. The standard InChI is InChI=1S/C20H17N5O4/c1-3-28-15-8-6-14(7-9-15)25-20(27)17(11-21)13(2)18(24-25)19(26)23-22-12-16-5-4-10-29-16/h4-10,12H,3H2,1-2H3,(H,23,26)/b22-12+. The highest BCUT2D eigenvalue weighted by molar-refractivity contribution is 5.94. The van der Waals surface area contributed by atoms with E-state index in [1.165, 1.54) is 19.4 Å². The van der Waals surface area contributed by atoms with Gasteiger partial charge in [0.1, 0.15) is 23.1 Å². The maximum atomic E-state index is 12.6. The van der Waals surface area contributed by atoms with E-state index in [9.17, 15) is 14.9 Å². The topological polar surface area (TPSA) is 123 Å². The van der Waals surface area contributed by atoms with E-state index in [1.54, 1.807) is 36.4 Å². The lowest BCUT2D eigenvalue weighted by molar-refractivity contribution is 0.0947. The van der Waals surface area contributed by atoms with Crippen molar-refractivity contribution in [3.05, 3.63) is 75.6 Å². The summed E-state index contributed by atoms with van der Waals surface area (Å²) in [5.41, 5.74) is 2.00. The Morgan fingerprint density at radius 1 is 1.38 bits per heavy atom. The summed E-state index contributed by atoms with van der Waals surface area (Å²) >= 11 is 0. The molecule has 0 bridgehead atoms. The molecular formula is C20H17N5O4. The molecule has 1 N–H and O–H groups in total. The first-order valence-electron chi connectivity index (χ1n) is 8.69. The molecule has 0 atom stereocenters. The van der Waals surface area contributed by atoms with Gasteiger partial charge in [0.25, 0.3) is 11.5 Å². The Morgan fingerprint density at radius 2 is 2.14 bits per heavy atom. The van der Waals surface area contributed by atoms with Gasteiger partial charge in [-0.15, -0.1) is 0 Å². The Labute approximate surface area is 165 Å². The molecule has 0 aliphatic rings. The van der Waals surface area contributed by atoms with Gasteiger partial charge in [-0.3, -0.25) is 9.59 Å². The van der Waals surface area contributed by atoms with E-state index in [2.05, 4.69) is 15.6 Å². The zero-order valence-corrected chi connectivity index (χ0v) is 15.7. The normalized spacial score (nSPS) is 10.7. The third-order valence-corrected chi connectivity index (χ3v) is 3.96. The number of benzene rings is 1. The number of aromatic nitrogens is 2. The number of ether oxygens (including phenoxy) is 1. The average molecular weight is 391 g/mol. The van der Waals surface area contributed by atoms with Gasteiger partial charge < -0.3 is 9.15 Å². The van der Waals surface area contributed by atoms with Crippen LogP contribution in [0, 0.1) is 18.3 Å². The quantitative estimate of drug-likeness (QED) is 0.507. The molecule has 0 fully saturated rings. The smallest absolute Gasteiger partial charge is 0.292 e. The highest BCUT2D eigenvalue weighted by Crippen LogP contribution is 2.15. The zero-order valence-electron chi connectivity index (χ0n) is 15.7. The highest BCUT2D eigenvalue weighted by Gasteiger charge is 2.20. The van der Waals surface area contributed by atoms with Crippen molar-refractivity contribution in [1.82, 2.24) is 15.2 Å². The first kappa shape index (κ1) is 19.6. The Bertz CT molecular complexity index is 1140. The van der Waals surface area contributed by atoms with Gasteiger partial charge in [0.15, 0.2) is 5.69 Å². The monoisotopic (exact) mass is 391 g/mol. The number of nitrogens with one attached hydrogen (secondary N) is 1. The summed E-state index contributed by atoms with van der Waals surface area (Å²) in [5.74, 6) is 0.413. The lowest BCUT2D eigenvalue weighted by atomic mass is 10.1. The summed E-state index contributed by atoms with van der Waals surface area (Å²) in [7, 11) is 0. The van der Waals surface area contributed by atoms with Crippen LogP contribution in [0.15, 0.2) is 57.0 Å². The maximum Gasteiger partial charge on any atom is 0.292 e. The molecule has 2 aromatic heterocycles. The van der Waals surface area contributed by atoms with Crippen molar-refractivity contribution < 1.29 is 13.9 Å². The lowest BCUT2D eigenvalue weighted by Crippen LogP contribution is -2.31. The average Bonchev–Trinajstić information content (AvgIpc) is 3.23. The van der Waals surface area contributed by atoms with Crippen molar-refractivity contribution in [1.29, 1.82) is 5.26 Å². The summed E-state index contributed by atoms with van der Waals surface area (Å²) in [6.07, 6.45) is 2.79. The number of carbonyl (C=O) groups excluding carboxylic acids is 1. The van der Waals surface area contributed by atoms with Crippen molar-refractivity contribution >= 4 is 12.1 Å². The minimum Gasteiger partial charge on any atom is -0.494 e. The second-order valence-corrected chi connectivity index (χ2v) is 5.82. The molecule has 29 heavy (non-hydrogen) atoms. The Balaban J connectivity index is 1.97. The first-order chi connectivity index (χ1) is 14.0. The van der Waals surface area contributed by atoms with E-state index < -0.39 is 11.5 Å². The van der Waals surface area contributed by atoms with Crippen molar-refractivity contribution in [2.75, 3.05) is 6.61 Å². The molecule has 146 valence electrons. The fraction of sp³-hybridized carbons (Fsp3) is 0.150. The number of hydrazone groups is 1. The number of rotatable bonds is 6. The maximum absolute atomic E-state index is 12.6. The molecule has 0 aliphatic heterocycles. The minimum absolute atomic E-state index is 0.0911. The largest absolute Gasteiger partial charge is 0.494 e. The molecule has 3 aromatic rings. The molecule has 0 saturated heterocycles. The molecule has 2 heterocycles. The predicted octanol–water partition coefficient (Wildman–Crippen LogP) is 2.17. The Morgan fingerprint density at radius 3 is 2.76 bits per heavy atom. The van der Waals surface area contributed by atoms with E-state index >= 15 is 0 Å². The number of nitrogens with zero attached hydrogens (tertiary/aromatic N) is 4. The molecule has 1 aromatic carbocycles. The number of hydrogen-bond acceptors (Lipinski definition) is 7. The number of hydrogen-bond donors (Lipinski definition) is 1. The van der Waals surface area contributed by atoms with Gasteiger partial charge in [0, 0.05) is 5.56 Å². The van der Waals surface area contributed by atoms with Crippen LogP contribution in [0.25, 0.3) is 5.69 Å². The number of carbonyl (C=O) groups is 1. The Kier molecular flexibility index (Phi) is 5.85. The van der Waals surface area contributed by atoms with E-state index in [-0.39, 0.29) is 16.8 Å². The van der Waals surface area contributed by atoms with Crippen molar-refractivity contribution in [3.8, 4) is 17.5 Å². The van der Waals surface area contributed by atoms with Gasteiger partial charge in [-0.05, 0) is 50.2 Å². The van der Waals surface area contributed by atoms with Crippen LogP contribution in [0.1, 0.15) is 34.3 Å². The van der Waals surface area contributed by atoms with Crippen LogP contribution in [0.3, 0.4) is 0 Å². The lowest BCUT2D eigenvalue weighted by Gasteiger charge is -2.11. The van der Waals surface area contributed by atoms with Gasteiger partial charge in [-0.25, -0.2) is 5.43 Å². The highest BCUT2D eigenvalue weighted by atomic mass is 16.5. The predicted molar refractivity (Wildman–Crippen MR) is 104 cm³/mol. The van der Waals surface area contributed by atoms with E-state index in [1.807, 2.05) is 13.0 Å². The van der Waals surface area contributed by atoms with Crippen LogP contribution in [-0.2, 0) is 0 Å². The van der Waals surface area contributed by atoms with Gasteiger partial charge in [0.2, 0.25) is 0 Å². The van der Waals surface area contributed by atoms with Crippen molar-refractivity contribution in [3.63, 3.8) is 0 Å². The third-order valence-electron chi connectivity index (χ3n) is 3.96. The molecule has 9 nitrogen and oxygen atoms in total. The summed E-state index contributed by atoms with van der Waals surface area (Å²) in [4.78, 5) is 25.2. The van der Waals surface area contributed by atoms with Gasteiger partial charge in [-0.2, -0.15) is 20.1 Å². The van der Waals surface area contributed by atoms with E-state index in [4.69, 9.17) is 9.15 Å². The fourth-order valence-corrected chi connectivity index (χ4v) is 2.55. The number of furan rings is 1. The van der Waals surface area contributed by atoms with Crippen LogP contribution in [-0.4, -0.2) is 28.5 Å². The van der Waals surface area contributed by atoms with Crippen LogP contribution in [0.4, 0.5) is 0 Å². The molecule has 0 aliphatic carbocycles. The van der Waals surface area contributed by atoms with Crippen LogP contribution in [0.5, 0.6) is 5.75 Å². The molecule has 9 heteroatoms. The second kappa shape index (κ2) is 8.67. The summed E-state index contributed by atoms with van der Waals surface area (Å²) < 4.78 is 11.5. The van der Waals surface area contributed by atoms with E-state index in [0.29, 0.717) is 23.8 Å². The van der Waals surface area contributed by atoms with Gasteiger partial charge in [0.05, 0.1) is 24.8 Å². The minimum atomic E-state index is -0.665. The zero-order chi connectivity index (χ0) is 20.8. The molecule has 1 amide bonds. The van der Waals surface area contributed by atoms with Crippen molar-refractivity contribution in [2.24, 2.45) is 5.10 Å². The molecule has 0 unspecified atom stereocenters. The van der Waals surface area contributed by atoms with Crippen LogP contribution >= 0.6 is 0 Å². The third kappa shape index (κ3) is 4.22. The second-order valence-electron chi connectivity index (χ2n) is 5.82.